The Labute approximate surface area is 168 Å². The van der Waals surface area contributed by atoms with Crippen molar-refractivity contribution >= 4 is 34.9 Å². The van der Waals surface area contributed by atoms with Crippen LogP contribution in [0.5, 0.6) is 11.5 Å². The SMILES string of the molecule is COc1ccc(OC)c([C@@H]2CCC[NH+]2CC(=O)Nc2ncc(Cl)cc2Cl)c1. The van der Waals surface area contributed by atoms with E-state index in [1.807, 2.05) is 18.2 Å². The van der Waals surface area contributed by atoms with E-state index in [9.17, 15) is 4.79 Å². The molecule has 1 aromatic heterocycles. The van der Waals surface area contributed by atoms with Crippen molar-refractivity contribution < 1.29 is 19.2 Å². The third kappa shape index (κ3) is 4.64. The summed E-state index contributed by atoms with van der Waals surface area (Å²) in [6.45, 7) is 1.21. The Morgan fingerprint density at radius 2 is 2.11 bits per heavy atom. The molecule has 1 amide bonds. The third-order valence-electron chi connectivity index (χ3n) is 4.75. The monoisotopic (exact) mass is 410 g/mol. The van der Waals surface area contributed by atoms with Crippen LogP contribution in [0, 0.1) is 0 Å². The zero-order chi connectivity index (χ0) is 19.4. The number of nitrogens with one attached hydrogen (secondary N) is 2. The molecular weight excluding hydrogens is 389 g/mol. The number of quaternary nitrogens is 1. The van der Waals surface area contributed by atoms with E-state index in [0.717, 1.165) is 36.4 Å². The number of aromatic nitrogens is 1. The zero-order valence-corrected chi connectivity index (χ0v) is 16.7. The maximum atomic E-state index is 12.5. The van der Waals surface area contributed by atoms with E-state index in [1.54, 1.807) is 20.3 Å². The molecule has 8 heteroatoms. The van der Waals surface area contributed by atoms with Crippen molar-refractivity contribution in [1.82, 2.24) is 4.98 Å². The summed E-state index contributed by atoms with van der Waals surface area (Å²) in [6, 6.07) is 7.48. The molecule has 3 rings (SSSR count). The molecule has 1 saturated heterocycles. The highest BCUT2D eigenvalue weighted by Gasteiger charge is 2.34. The predicted octanol–water partition coefficient (Wildman–Crippen LogP) is 2.76. The Kier molecular flexibility index (Phi) is 6.42. The van der Waals surface area contributed by atoms with Gasteiger partial charge in [0.05, 0.1) is 36.4 Å². The van der Waals surface area contributed by atoms with Gasteiger partial charge >= 0.3 is 0 Å². The highest BCUT2D eigenvalue weighted by Crippen LogP contribution is 2.31. The van der Waals surface area contributed by atoms with E-state index < -0.39 is 0 Å². The first-order chi connectivity index (χ1) is 13.0. The highest BCUT2D eigenvalue weighted by atomic mass is 35.5. The van der Waals surface area contributed by atoms with Crippen molar-refractivity contribution in [2.24, 2.45) is 0 Å². The Balaban J connectivity index is 1.74. The Morgan fingerprint density at radius 1 is 1.30 bits per heavy atom. The molecule has 6 nitrogen and oxygen atoms in total. The van der Waals surface area contributed by atoms with Gasteiger partial charge in [-0.15, -0.1) is 0 Å². The van der Waals surface area contributed by atoms with E-state index >= 15 is 0 Å². The average Bonchev–Trinajstić information content (AvgIpc) is 3.11. The van der Waals surface area contributed by atoms with Gasteiger partial charge in [-0.2, -0.15) is 0 Å². The number of amides is 1. The smallest absolute Gasteiger partial charge is 0.280 e. The Morgan fingerprint density at radius 3 is 2.81 bits per heavy atom. The molecule has 0 saturated carbocycles. The molecule has 0 radical (unpaired) electrons. The highest BCUT2D eigenvalue weighted by molar-refractivity contribution is 6.36. The van der Waals surface area contributed by atoms with Crippen molar-refractivity contribution in [2.75, 3.05) is 32.6 Å². The maximum Gasteiger partial charge on any atom is 0.280 e. The average molecular weight is 411 g/mol. The predicted molar refractivity (Wildman–Crippen MR) is 105 cm³/mol. The number of pyridine rings is 1. The number of benzene rings is 1. The second kappa shape index (κ2) is 8.78. The number of ether oxygens (including phenoxy) is 2. The van der Waals surface area contributed by atoms with Crippen LogP contribution in [0.15, 0.2) is 30.5 Å². The van der Waals surface area contributed by atoms with Crippen LogP contribution in [0.25, 0.3) is 0 Å². The standard InChI is InChI=1S/C19H21Cl2N3O3/c1-26-13-5-6-17(27-2)14(9-13)16-4-3-7-24(16)11-18(25)23-19-15(21)8-12(20)10-22-19/h5-6,8-10,16H,3-4,7,11H2,1-2H3,(H,22,23,25)/p+1/t16-/m0/s1. The molecule has 0 spiro atoms. The topological polar surface area (TPSA) is 64.9 Å². The fourth-order valence-corrected chi connectivity index (χ4v) is 3.93. The van der Waals surface area contributed by atoms with Crippen LogP contribution in [-0.4, -0.2) is 38.2 Å². The molecule has 1 fully saturated rings. The number of nitrogens with zero attached hydrogens (tertiary/aromatic N) is 1. The molecule has 2 N–H and O–H groups in total. The van der Waals surface area contributed by atoms with Crippen LogP contribution in [0.2, 0.25) is 10.0 Å². The number of carbonyl (C=O) groups is 1. The number of hydrogen-bond donors (Lipinski definition) is 2. The van der Waals surface area contributed by atoms with Crippen LogP contribution < -0.4 is 19.7 Å². The number of hydrogen-bond acceptors (Lipinski definition) is 4. The van der Waals surface area contributed by atoms with Gasteiger partial charge in [0, 0.05) is 19.0 Å². The van der Waals surface area contributed by atoms with Gasteiger partial charge in [0.1, 0.15) is 17.5 Å². The zero-order valence-electron chi connectivity index (χ0n) is 15.2. The second-order valence-electron chi connectivity index (χ2n) is 6.42. The molecule has 1 aliphatic heterocycles. The minimum atomic E-state index is -0.143. The van der Waals surface area contributed by atoms with Gasteiger partial charge in [0.15, 0.2) is 12.4 Å². The van der Waals surface area contributed by atoms with Crippen molar-refractivity contribution in [3.05, 3.63) is 46.1 Å². The number of methoxy groups -OCH3 is 2. The quantitative estimate of drug-likeness (QED) is 0.768. The number of likely N-dealkylation sites (tertiary alicyclic amines) is 1. The van der Waals surface area contributed by atoms with Gasteiger partial charge in [-0.05, 0) is 24.3 Å². The maximum absolute atomic E-state index is 12.5. The van der Waals surface area contributed by atoms with Crippen molar-refractivity contribution in [3.8, 4) is 11.5 Å². The fourth-order valence-electron chi connectivity index (χ4n) is 3.50. The van der Waals surface area contributed by atoms with Crippen LogP contribution in [0.1, 0.15) is 24.4 Å². The largest absolute Gasteiger partial charge is 0.497 e. The molecule has 2 aromatic rings. The van der Waals surface area contributed by atoms with Gasteiger partial charge in [-0.3, -0.25) is 4.79 Å². The molecule has 2 atom stereocenters. The third-order valence-corrected chi connectivity index (χ3v) is 5.24. The summed E-state index contributed by atoms with van der Waals surface area (Å²) < 4.78 is 10.9. The van der Waals surface area contributed by atoms with Gasteiger partial charge in [-0.1, -0.05) is 23.2 Å². The number of halogens is 2. The minimum absolute atomic E-state index is 0.143. The molecular formula is C19H22Cl2N3O3+. The van der Waals surface area contributed by atoms with E-state index in [0.29, 0.717) is 22.4 Å². The minimum Gasteiger partial charge on any atom is -0.497 e. The normalized spacial score (nSPS) is 19.0. The second-order valence-corrected chi connectivity index (χ2v) is 7.26. The Bertz CT molecular complexity index is 832. The summed E-state index contributed by atoms with van der Waals surface area (Å²) in [5.74, 6) is 1.76. The molecule has 27 heavy (non-hydrogen) atoms. The molecule has 1 aliphatic rings. The molecule has 0 bridgehead atoms. The first-order valence-electron chi connectivity index (χ1n) is 8.69. The number of rotatable bonds is 6. The van der Waals surface area contributed by atoms with E-state index in [-0.39, 0.29) is 11.9 Å². The van der Waals surface area contributed by atoms with Crippen LogP contribution in [0.4, 0.5) is 5.82 Å². The molecule has 2 heterocycles. The summed E-state index contributed by atoms with van der Waals surface area (Å²) in [7, 11) is 3.29. The summed E-state index contributed by atoms with van der Waals surface area (Å²) in [5, 5.41) is 3.51. The van der Waals surface area contributed by atoms with Crippen LogP contribution in [-0.2, 0) is 4.79 Å². The lowest BCUT2D eigenvalue weighted by Crippen LogP contribution is -3.11. The van der Waals surface area contributed by atoms with E-state index in [2.05, 4.69) is 10.3 Å². The van der Waals surface area contributed by atoms with Gasteiger partial charge < -0.3 is 19.7 Å². The van der Waals surface area contributed by atoms with Crippen molar-refractivity contribution in [3.63, 3.8) is 0 Å². The Hall–Kier alpha value is -2.02. The van der Waals surface area contributed by atoms with Crippen molar-refractivity contribution in [2.45, 2.75) is 18.9 Å². The fraction of sp³-hybridized carbons (Fsp3) is 0.368. The first-order valence-corrected chi connectivity index (χ1v) is 9.44. The molecule has 1 aromatic carbocycles. The summed E-state index contributed by atoms with van der Waals surface area (Å²) in [4.78, 5) is 17.8. The lowest BCUT2D eigenvalue weighted by atomic mass is 10.0. The summed E-state index contributed by atoms with van der Waals surface area (Å²) >= 11 is 11.9. The molecule has 0 aliphatic carbocycles. The molecule has 144 valence electrons. The lowest BCUT2D eigenvalue weighted by molar-refractivity contribution is -0.910. The lowest BCUT2D eigenvalue weighted by Gasteiger charge is -2.23. The van der Waals surface area contributed by atoms with Gasteiger partial charge in [-0.25, -0.2) is 4.98 Å². The molecule has 1 unspecified atom stereocenters. The van der Waals surface area contributed by atoms with E-state index in [4.69, 9.17) is 32.7 Å². The van der Waals surface area contributed by atoms with Gasteiger partial charge in [0.2, 0.25) is 0 Å². The summed E-state index contributed by atoms with van der Waals surface area (Å²) in [6.07, 6.45) is 3.47. The van der Waals surface area contributed by atoms with Crippen LogP contribution in [0.3, 0.4) is 0 Å². The first kappa shape index (κ1) is 19.7. The number of carbonyl (C=O) groups excluding carboxylic acids is 1. The number of anilines is 1. The van der Waals surface area contributed by atoms with Crippen LogP contribution >= 0.6 is 23.2 Å². The summed E-state index contributed by atoms with van der Waals surface area (Å²) in [5.41, 5.74) is 1.06. The van der Waals surface area contributed by atoms with E-state index in [1.165, 1.54) is 11.1 Å². The van der Waals surface area contributed by atoms with Crippen molar-refractivity contribution in [1.29, 1.82) is 0 Å². The van der Waals surface area contributed by atoms with Gasteiger partial charge in [0.25, 0.3) is 5.91 Å².